The molecule has 0 heterocycles. The molecule has 29 heavy (non-hydrogen) atoms. The molecular formula is C22H21ClN2O3S. The van der Waals surface area contributed by atoms with E-state index in [9.17, 15) is 13.2 Å². The molecule has 2 N–H and O–H groups in total. The lowest BCUT2D eigenvalue weighted by Crippen LogP contribution is -2.23. The number of anilines is 1. The minimum atomic E-state index is -3.74. The van der Waals surface area contributed by atoms with Crippen LogP contribution in [0.25, 0.3) is 0 Å². The van der Waals surface area contributed by atoms with E-state index in [1.54, 1.807) is 12.1 Å². The molecule has 0 spiro atoms. The molecule has 0 radical (unpaired) electrons. The molecule has 3 aromatic rings. The first-order chi connectivity index (χ1) is 13.7. The van der Waals surface area contributed by atoms with Gasteiger partial charge in [0.05, 0.1) is 21.2 Å². The maximum absolute atomic E-state index is 12.5. The van der Waals surface area contributed by atoms with Crippen LogP contribution in [-0.2, 0) is 16.6 Å². The molecule has 150 valence electrons. The second kappa shape index (κ2) is 8.68. The van der Waals surface area contributed by atoms with E-state index >= 15 is 0 Å². The van der Waals surface area contributed by atoms with E-state index in [4.69, 9.17) is 11.6 Å². The molecule has 0 atom stereocenters. The highest BCUT2D eigenvalue weighted by Crippen LogP contribution is 2.23. The molecule has 0 aliphatic carbocycles. The smallest absolute Gasteiger partial charge is 0.261 e. The number of hydrogen-bond donors (Lipinski definition) is 2. The van der Waals surface area contributed by atoms with Crippen LogP contribution < -0.4 is 10.0 Å². The number of aryl methyl sites for hydroxylation is 2. The van der Waals surface area contributed by atoms with Crippen LogP contribution in [0.1, 0.15) is 27.0 Å². The highest BCUT2D eigenvalue weighted by molar-refractivity contribution is 7.92. The Morgan fingerprint density at radius 2 is 1.66 bits per heavy atom. The van der Waals surface area contributed by atoms with Crippen molar-refractivity contribution in [2.45, 2.75) is 25.3 Å². The Morgan fingerprint density at radius 3 is 2.31 bits per heavy atom. The predicted molar refractivity (Wildman–Crippen MR) is 116 cm³/mol. The summed E-state index contributed by atoms with van der Waals surface area (Å²) in [6.45, 7) is 4.24. The zero-order chi connectivity index (χ0) is 21.0. The fraction of sp³-hybridized carbons (Fsp3) is 0.136. The lowest BCUT2D eigenvalue weighted by molar-refractivity contribution is 0.0951. The number of nitrogens with one attached hydrogen (secondary N) is 2. The van der Waals surface area contributed by atoms with Gasteiger partial charge in [-0.25, -0.2) is 8.42 Å². The van der Waals surface area contributed by atoms with E-state index in [1.807, 2.05) is 38.1 Å². The summed E-state index contributed by atoms with van der Waals surface area (Å²) in [5, 5.41) is 2.98. The maximum atomic E-state index is 12.5. The number of rotatable bonds is 6. The Labute approximate surface area is 175 Å². The zero-order valence-electron chi connectivity index (χ0n) is 16.1. The molecule has 1 amide bonds. The summed E-state index contributed by atoms with van der Waals surface area (Å²) in [7, 11) is -3.74. The van der Waals surface area contributed by atoms with Crippen LogP contribution in [0.2, 0.25) is 5.02 Å². The van der Waals surface area contributed by atoms with Gasteiger partial charge in [0.25, 0.3) is 15.9 Å². The van der Waals surface area contributed by atoms with Crippen LogP contribution in [0.3, 0.4) is 0 Å². The number of halogens is 1. The molecule has 0 fully saturated rings. The molecule has 5 nitrogen and oxygen atoms in total. The van der Waals surface area contributed by atoms with Gasteiger partial charge in [0, 0.05) is 6.54 Å². The highest BCUT2D eigenvalue weighted by atomic mass is 35.5. The van der Waals surface area contributed by atoms with Gasteiger partial charge >= 0.3 is 0 Å². The zero-order valence-corrected chi connectivity index (χ0v) is 17.6. The average Bonchev–Trinajstić information content (AvgIpc) is 2.66. The van der Waals surface area contributed by atoms with Crippen LogP contribution in [0.15, 0.2) is 71.6 Å². The van der Waals surface area contributed by atoms with Crippen molar-refractivity contribution < 1.29 is 13.2 Å². The molecule has 3 aromatic carbocycles. The minimum Gasteiger partial charge on any atom is -0.348 e. The van der Waals surface area contributed by atoms with Crippen molar-refractivity contribution in [2.24, 2.45) is 0 Å². The number of hydrogen-bond acceptors (Lipinski definition) is 3. The van der Waals surface area contributed by atoms with Gasteiger partial charge in [0.2, 0.25) is 0 Å². The number of benzene rings is 3. The topological polar surface area (TPSA) is 75.3 Å². The predicted octanol–water partition coefficient (Wildman–Crippen LogP) is 4.69. The normalized spacial score (nSPS) is 11.1. The minimum absolute atomic E-state index is 0.152. The van der Waals surface area contributed by atoms with Gasteiger partial charge < -0.3 is 5.32 Å². The van der Waals surface area contributed by atoms with Crippen LogP contribution in [0, 0.1) is 13.8 Å². The van der Waals surface area contributed by atoms with E-state index in [0.29, 0.717) is 6.54 Å². The Balaban J connectivity index is 1.71. The summed E-state index contributed by atoms with van der Waals surface area (Å²) >= 11 is 6.23. The molecule has 0 aliphatic heterocycles. The first kappa shape index (κ1) is 20.9. The molecule has 0 saturated heterocycles. The lowest BCUT2D eigenvalue weighted by Gasteiger charge is -2.11. The molecular weight excluding hydrogens is 408 g/mol. The Bertz CT molecular complexity index is 1140. The quantitative estimate of drug-likeness (QED) is 0.598. The number of sulfonamides is 1. The van der Waals surface area contributed by atoms with Crippen molar-refractivity contribution in [3.05, 3.63) is 94.0 Å². The summed E-state index contributed by atoms with van der Waals surface area (Å²) in [4.78, 5) is 12.6. The van der Waals surface area contributed by atoms with Crippen LogP contribution in [0.5, 0.6) is 0 Å². The molecule has 0 bridgehead atoms. The molecule has 0 aromatic heterocycles. The summed E-state index contributed by atoms with van der Waals surface area (Å²) < 4.78 is 27.5. The van der Waals surface area contributed by atoms with E-state index in [-0.39, 0.29) is 27.1 Å². The number of amides is 1. The fourth-order valence-electron chi connectivity index (χ4n) is 2.79. The largest absolute Gasteiger partial charge is 0.348 e. The highest BCUT2D eigenvalue weighted by Gasteiger charge is 2.16. The van der Waals surface area contributed by atoms with Crippen LogP contribution in [-0.4, -0.2) is 14.3 Å². The third-order valence-electron chi connectivity index (χ3n) is 4.33. The summed E-state index contributed by atoms with van der Waals surface area (Å²) in [6.07, 6.45) is 0. The Hall–Kier alpha value is -2.83. The van der Waals surface area contributed by atoms with Gasteiger partial charge in [0.15, 0.2) is 0 Å². The van der Waals surface area contributed by atoms with E-state index in [1.165, 1.54) is 30.3 Å². The first-order valence-corrected chi connectivity index (χ1v) is 10.8. The molecule has 3 rings (SSSR count). The summed E-state index contributed by atoms with van der Waals surface area (Å²) in [5.41, 5.74) is 3.62. The second-order valence-electron chi connectivity index (χ2n) is 6.78. The van der Waals surface area contributed by atoms with Gasteiger partial charge in [-0.15, -0.1) is 0 Å². The Kier molecular flexibility index (Phi) is 6.25. The van der Waals surface area contributed by atoms with E-state index in [0.717, 1.165) is 16.7 Å². The summed E-state index contributed by atoms with van der Waals surface area (Å²) in [6, 6.07) is 18.8. The SMILES string of the molecule is Cc1ccc(S(=O)(=O)Nc2ccc(C(=O)NCc3cccc(C)c3)c(Cl)c2)cc1. The van der Waals surface area contributed by atoms with Crippen molar-refractivity contribution in [3.8, 4) is 0 Å². The third-order valence-corrected chi connectivity index (χ3v) is 6.04. The van der Waals surface area contributed by atoms with E-state index in [2.05, 4.69) is 10.0 Å². The fourth-order valence-corrected chi connectivity index (χ4v) is 4.11. The van der Waals surface area contributed by atoms with Gasteiger partial charge in [-0.05, 0) is 49.7 Å². The Morgan fingerprint density at radius 1 is 0.931 bits per heavy atom. The van der Waals surface area contributed by atoms with Gasteiger partial charge in [-0.3, -0.25) is 9.52 Å². The summed E-state index contributed by atoms with van der Waals surface area (Å²) in [5.74, 6) is -0.329. The van der Waals surface area contributed by atoms with Crippen molar-refractivity contribution in [1.29, 1.82) is 0 Å². The first-order valence-electron chi connectivity index (χ1n) is 8.97. The van der Waals surface area contributed by atoms with Gasteiger partial charge in [-0.2, -0.15) is 0 Å². The van der Waals surface area contributed by atoms with Crippen LogP contribution >= 0.6 is 11.6 Å². The number of carbonyl (C=O) groups is 1. The molecule has 0 saturated carbocycles. The third kappa shape index (κ3) is 5.37. The standard InChI is InChI=1S/C22H21ClN2O3S/c1-15-6-9-19(10-7-15)29(27,28)25-18-8-11-20(21(23)13-18)22(26)24-14-17-5-3-4-16(2)12-17/h3-13,25H,14H2,1-2H3,(H,24,26). The van der Waals surface area contributed by atoms with Crippen molar-refractivity contribution in [1.82, 2.24) is 5.32 Å². The maximum Gasteiger partial charge on any atom is 0.261 e. The van der Waals surface area contributed by atoms with Gasteiger partial charge in [-0.1, -0.05) is 59.1 Å². The van der Waals surface area contributed by atoms with Gasteiger partial charge in [0.1, 0.15) is 0 Å². The average molecular weight is 429 g/mol. The van der Waals surface area contributed by atoms with Crippen LogP contribution in [0.4, 0.5) is 5.69 Å². The second-order valence-corrected chi connectivity index (χ2v) is 8.87. The molecule has 0 aliphatic rings. The van der Waals surface area contributed by atoms with Crippen molar-refractivity contribution in [3.63, 3.8) is 0 Å². The molecule has 7 heteroatoms. The molecule has 0 unspecified atom stereocenters. The van der Waals surface area contributed by atoms with E-state index < -0.39 is 10.0 Å². The lowest BCUT2D eigenvalue weighted by atomic mass is 10.1. The van der Waals surface area contributed by atoms with Crippen molar-refractivity contribution >= 4 is 33.2 Å². The van der Waals surface area contributed by atoms with Crippen molar-refractivity contribution in [2.75, 3.05) is 4.72 Å². The number of carbonyl (C=O) groups excluding carboxylic acids is 1. The monoisotopic (exact) mass is 428 g/mol.